The van der Waals surface area contributed by atoms with Gasteiger partial charge >= 0.3 is 0 Å². The first kappa shape index (κ1) is 18.5. The molecule has 1 aromatic heterocycles. The van der Waals surface area contributed by atoms with Crippen molar-refractivity contribution in [1.29, 1.82) is 0 Å². The van der Waals surface area contributed by atoms with Crippen molar-refractivity contribution >= 4 is 5.91 Å². The number of amides is 1. The van der Waals surface area contributed by atoms with Gasteiger partial charge in [0.1, 0.15) is 0 Å². The first-order chi connectivity index (χ1) is 12.5. The summed E-state index contributed by atoms with van der Waals surface area (Å²) in [5, 5.41) is 17.8. The summed E-state index contributed by atoms with van der Waals surface area (Å²) in [7, 11) is 1.93. The third-order valence-corrected chi connectivity index (χ3v) is 5.02. The van der Waals surface area contributed by atoms with Crippen LogP contribution in [0.1, 0.15) is 48.7 Å². The molecule has 1 aliphatic heterocycles. The molecule has 140 valence electrons. The third kappa shape index (κ3) is 3.90. The smallest absolute Gasteiger partial charge is 0.278 e. The average molecular weight is 356 g/mol. The van der Waals surface area contributed by atoms with Gasteiger partial charge in [0.15, 0.2) is 11.4 Å². The maximum absolute atomic E-state index is 12.8. The number of piperidine rings is 1. The van der Waals surface area contributed by atoms with E-state index in [1.54, 1.807) is 9.58 Å². The summed E-state index contributed by atoms with van der Waals surface area (Å²) in [5.41, 5.74) is 2.20. The number of nitrogens with zero attached hydrogens (tertiary/aromatic N) is 3. The minimum absolute atomic E-state index is 0.0707. The van der Waals surface area contributed by atoms with E-state index in [4.69, 9.17) is 0 Å². The molecule has 1 aliphatic rings. The number of aromatic nitrogens is 2. The molecule has 0 aliphatic carbocycles. The highest BCUT2D eigenvalue weighted by molar-refractivity contribution is 5.94. The zero-order chi connectivity index (χ0) is 18.7. The summed E-state index contributed by atoms with van der Waals surface area (Å²) in [5.74, 6) is 0.641. The van der Waals surface area contributed by atoms with E-state index in [0.29, 0.717) is 24.9 Å². The molecular formula is C20H28N4O2. The van der Waals surface area contributed by atoms with Gasteiger partial charge in [0.2, 0.25) is 0 Å². The Morgan fingerprint density at radius 1 is 1.35 bits per heavy atom. The van der Waals surface area contributed by atoms with Gasteiger partial charge in [-0.15, -0.1) is 0 Å². The standard InChI is InChI=1S/C20H28N4O2/c1-14(2)16-6-8-17(9-7-16)24-13-18(25)19(22-24)20(26)23-10-4-5-15(12-23)11-21-3/h6-9,13-15,21,25H,4-5,10-12H2,1-3H3. The highest BCUT2D eigenvalue weighted by Gasteiger charge is 2.27. The van der Waals surface area contributed by atoms with Crippen molar-refractivity contribution in [1.82, 2.24) is 20.0 Å². The number of carbonyl (C=O) groups excluding carboxylic acids is 1. The van der Waals surface area contributed by atoms with Crippen LogP contribution in [0.3, 0.4) is 0 Å². The summed E-state index contributed by atoms with van der Waals surface area (Å²) < 4.78 is 1.57. The van der Waals surface area contributed by atoms with Crippen LogP contribution in [0.4, 0.5) is 0 Å². The molecule has 3 rings (SSSR count). The molecule has 1 saturated heterocycles. The van der Waals surface area contributed by atoms with Crippen LogP contribution in [0.15, 0.2) is 30.5 Å². The lowest BCUT2D eigenvalue weighted by molar-refractivity contribution is 0.0665. The molecule has 1 aromatic carbocycles. The molecule has 2 N–H and O–H groups in total. The van der Waals surface area contributed by atoms with Crippen molar-refractivity contribution in [3.05, 3.63) is 41.7 Å². The molecule has 26 heavy (non-hydrogen) atoms. The summed E-state index contributed by atoms with van der Waals surface area (Å²) in [6, 6.07) is 8.01. The van der Waals surface area contributed by atoms with Crippen LogP contribution in [0.2, 0.25) is 0 Å². The van der Waals surface area contributed by atoms with Gasteiger partial charge in [-0.1, -0.05) is 26.0 Å². The quantitative estimate of drug-likeness (QED) is 0.864. The molecule has 0 spiro atoms. The zero-order valence-electron chi connectivity index (χ0n) is 15.8. The van der Waals surface area contributed by atoms with Crippen LogP contribution in [0.25, 0.3) is 5.69 Å². The van der Waals surface area contributed by atoms with Crippen LogP contribution >= 0.6 is 0 Å². The Hall–Kier alpha value is -2.34. The highest BCUT2D eigenvalue weighted by Crippen LogP contribution is 2.24. The van der Waals surface area contributed by atoms with E-state index < -0.39 is 0 Å². The van der Waals surface area contributed by atoms with E-state index in [-0.39, 0.29) is 17.4 Å². The fourth-order valence-electron chi connectivity index (χ4n) is 3.52. The van der Waals surface area contributed by atoms with E-state index in [2.05, 4.69) is 24.3 Å². The van der Waals surface area contributed by atoms with Crippen molar-refractivity contribution in [2.24, 2.45) is 5.92 Å². The minimum atomic E-state index is -0.194. The zero-order valence-corrected chi connectivity index (χ0v) is 15.8. The van der Waals surface area contributed by atoms with Crippen LogP contribution in [-0.4, -0.2) is 52.4 Å². The number of aromatic hydroxyl groups is 1. The van der Waals surface area contributed by atoms with Gasteiger partial charge in [0, 0.05) is 13.1 Å². The largest absolute Gasteiger partial charge is 0.504 e. The Balaban J connectivity index is 1.78. The Bertz CT molecular complexity index is 750. The van der Waals surface area contributed by atoms with Gasteiger partial charge < -0.3 is 15.3 Å². The lowest BCUT2D eigenvalue weighted by Crippen LogP contribution is -2.42. The van der Waals surface area contributed by atoms with E-state index in [1.807, 2.05) is 31.3 Å². The Morgan fingerprint density at radius 2 is 2.08 bits per heavy atom. The fourth-order valence-corrected chi connectivity index (χ4v) is 3.52. The first-order valence-electron chi connectivity index (χ1n) is 9.32. The molecule has 6 heteroatoms. The summed E-state index contributed by atoms with van der Waals surface area (Å²) in [4.78, 5) is 14.6. The summed E-state index contributed by atoms with van der Waals surface area (Å²) in [6.07, 6.45) is 3.61. The molecule has 0 radical (unpaired) electrons. The van der Waals surface area contributed by atoms with E-state index in [1.165, 1.54) is 11.8 Å². The van der Waals surface area contributed by atoms with E-state index in [9.17, 15) is 9.90 Å². The van der Waals surface area contributed by atoms with Gasteiger partial charge in [0.05, 0.1) is 11.9 Å². The number of benzene rings is 1. The van der Waals surface area contributed by atoms with Gasteiger partial charge in [-0.2, -0.15) is 5.10 Å². The maximum Gasteiger partial charge on any atom is 0.278 e. The second-order valence-electron chi connectivity index (χ2n) is 7.37. The van der Waals surface area contributed by atoms with Gasteiger partial charge in [0.25, 0.3) is 5.91 Å². The van der Waals surface area contributed by atoms with Crippen LogP contribution in [0, 0.1) is 5.92 Å². The average Bonchev–Trinajstić information content (AvgIpc) is 3.03. The topological polar surface area (TPSA) is 70.4 Å². The predicted octanol–water partition coefficient (Wildman–Crippen LogP) is 2.77. The molecule has 2 aromatic rings. The Morgan fingerprint density at radius 3 is 2.73 bits per heavy atom. The van der Waals surface area contributed by atoms with Crippen LogP contribution in [0.5, 0.6) is 5.75 Å². The highest BCUT2D eigenvalue weighted by atomic mass is 16.3. The monoisotopic (exact) mass is 356 g/mol. The number of carbonyl (C=O) groups is 1. The van der Waals surface area contributed by atoms with Crippen molar-refractivity contribution in [2.45, 2.75) is 32.6 Å². The first-order valence-corrected chi connectivity index (χ1v) is 9.32. The maximum atomic E-state index is 12.8. The van der Waals surface area contributed by atoms with E-state index in [0.717, 1.165) is 25.1 Å². The molecule has 0 saturated carbocycles. The number of hydrogen-bond acceptors (Lipinski definition) is 4. The van der Waals surface area contributed by atoms with Crippen LogP contribution < -0.4 is 5.32 Å². The lowest BCUT2D eigenvalue weighted by atomic mass is 9.98. The van der Waals surface area contributed by atoms with Gasteiger partial charge in [-0.05, 0) is 56.0 Å². The summed E-state index contributed by atoms with van der Waals surface area (Å²) >= 11 is 0. The minimum Gasteiger partial charge on any atom is -0.504 e. The van der Waals surface area contributed by atoms with Gasteiger partial charge in [-0.3, -0.25) is 4.79 Å². The SMILES string of the molecule is CNCC1CCCN(C(=O)c2nn(-c3ccc(C(C)C)cc3)cc2O)C1. The second-order valence-corrected chi connectivity index (χ2v) is 7.37. The molecule has 1 atom stereocenters. The van der Waals surface area contributed by atoms with Crippen molar-refractivity contribution in [3.8, 4) is 11.4 Å². The lowest BCUT2D eigenvalue weighted by Gasteiger charge is -2.32. The van der Waals surface area contributed by atoms with Crippen molar-refractivity contribution < 1.29 is 9.90 Å². The van der Waals surface area contributed by atoms with Gasteiger partial charge in [-0.25, -0.2) is 4.68 Å². The number of likely N-dealkylation sites (tertiary alicyclic amines) is 1. The molecular weight excluding hydrogens is 328 g/mol. The van der Waals surface area contributed by atoms with Crippen LogP contribution in [-0.2, 0) is 0 Å². The fraction of sp³-hybridized carbons (Fsp3) is 0.500. The molecule has 6 nitrogen and oxygen atoms in total. The Labute approximate surface area is 154 Å². The molecule has 2 heterocycles. The normalized spacial score (nSPS) is 17.7. The number of hydrogen-bond donors (Lipinski definition) is 2. The predicted molar refractivity (Wildman–Crippen MR) is 102 cm³/mol. The molecule has 1 unspecified atom stereocenters. The number of rotatable bonds is 5. The van der Waals surface area contributed by atoms with E-state index >= 15 is 0 Å². The van der Waals surface area contributed by atoms with Crippen molar-refractivity contribution in [3.63, 3.8) is 0 Å². The van der Waals surface area contributed by atoms with Crippen molar-refractivity contribution in [2.75, 3.05) is 26.7 Å². The second kappa shape index (κ2) is 7.91. The third-order valence-electron chi connectivity index (χ3n) is 5.02. The summed E-state index contributed by atoms with van der Waals surface area (Å²) in [6.45, 7) is 6.60. The Kier molecular flexibility index (Phi) is 5.61. The molecule has 1 fully saturated rings. The molecule has 0 bridgehead atoms. The number of nitrogens with one attached hydrogen (secondary N) is 1. The molecule has 1 amide bonds.